The number of methoxy groups -OCH3 is 1. The van der Waals surface area contributed by atoms with Crippen LogP contribution in [-0.4, -0.2) is 18.6 Å². The molecular weight excluding hydrogens is 265 g/mol. The summed E-state index contributed by atoms with van der Waals surface area (Å²) in [6.07, 6.45) is 3.50. The Morgan fingerprint density at radius 3 is 2.74 bits per heavy atom. The molecule has 100 valence electrons. The van der Waals surface area contributed by atoms with Crippen molar-refractivity contribution in [1.82, 2.24) is 4.90 Å². The van der Waals surface area contributed by atoms with Gasteiger partial charge in [0.15, 0.2) is 0 Å². The summed E-state index contributed by atoms with van der Waals surface area (Å²) >= 11 is 6.06. The number of hydrogen-bond acceptors (Lipinski definition) is 2. The molecule has 0 N–H and O–H groups in total. The van der Waals surface area contributed by atoms with Crippen LogP contribution in [0.25, 0.3) is 5.70 Å². The summed E-state index contributed by atoms with van der Waals surface area (Å²) in [5.41, 5.74) is 1.78. The first kappa shape index (κ1) is 13.7. The molecule has 0 aromatic heterocycles. The standard InChI is InChI=1S/C15H15ClFNO/c1-4-18-10(2)11(16)8-9-13(18)15-12(17)6-5-7-14(15)19-3/h5-9H,2,4H2,1,3H3. The number of benzene rings is 1. The van der Waals surface area contributed by atoms with Crippen LogP contribution in [0.4, 0.5) is 4.39 Å². The van der Waals surface area contributed by atoms with Gasteiger partial charge in [-0.1, -0.05) is 24.2 Å². The number of nitrogens with zero attached hydrogens (tertiary/aromatic N) is 1. The van der Waals surface area contributed by atoms with Crippen molar-refractivity contribution in [3.8, 4) is 5.75 Å². The largest absolute Gasteiger partial charge is 0.496 e. The zero-order valence-electron chi connectivity index (χ0n) is 10.9. The van der Waals surface area contributed by atoms with Gasteiger partial charge in [0, 0.05) is 6.54 Å². The van der Waals surface area contributed by atoms with E-state index in [4.69, 9.17) is 16.3 Å². The van der Waals surface area contributed by atoms with Gasteiger partial charge in [0.05, 0.1) is 29.1 Å². The number of likely N-dealkylation sites (N-methyl/N-ethyl adjacent to an activating group) is 1. The van der Waals surface area contributed by atoms with Crippen molar-refractivity contribution in [3.05, 3.63) is 59.0 Å². The fraction of sp³-hybridized carbons (Fsp3) is 0.200. The molecule has 1 aromatic carbocycles. The number of allylic oxidation sites excluding steroid dienone is 3. The second-order valence-corrected chi connectivity index (χ2v) is 4.48. The quantitative estimate of drug-likeness (QED) is 0.824. The van der Waals surface area contributed by atoms with Crippen LogP contribution in [0.2, 0.25) is 0 Å². The van der Waals surface area contributed by atoms with Gasteiger partial charge in [-0.2, -0.15) is 0 Å². The summed E-state index contributed by atoms with van der Waals surface area (Å²) in [4.78, 5) is 1.86. The third-order valence-electron chi connectivity index (χ3n) is 3.05. The predicted octanol–water partition coefficient (Wildman–Crippen LogP) is 4.15. The Labute approximate surface area is 117 Å². The number of hydrogen-bond donors (Lipinski definition) is 0. The molecule has 0 fully saturated rings. The fourth-order valence-corrected chi connectivity index (χ4v) is 2.28. The minimum Gasteiger partial charge on any atom is -0.496 e. The smallest absolute Gasteiger partial charge is 0.136 e. The van der Waals surface area contributed by atoms with Gasteiger partial charge in [0.2, 0.25) is 0 Å². The van der Waals surface area contributed by atoms with Crippen LogP contribution in [0, 0.1) is 5.82 Å². The molecule has 0 radical (unpaired) electrons. The van der Waals surface area contributed by atoms with Crippen molar-refractivity contribution in [1.29, 1.82) is 0 Å². The number of ether oxygens (including phenoxy) is 1. The number of rotatable bonds is 3. The van der Waals surface area contributed by atoms with E-state index in [1.807, 2.05) is 11.8 Å². The maximum absolute atomic E-state index is 14.1. The Bertz CT molecular complexity index is 578. The molecule has 4 heteroatoms. The van der Waals surface area contributed by atoms with Gasteiger partial charge in [-0.25, -0.2) is 4.39 Å². The van der Waals surface area contributed by atoms with E-state index in [1.165, 1.54) is 13.2 Å². The van der Waals surface area contributed by atoms with Crippen LogP contribution >= 0.6 is 11.6 Å². The van der Waals surface area contributed by atoms with Crippen molar-refractivity contribution in [2.45, 2.75) is 6.92 Å². The summed E-state index contributed by atoms with van der Waals surface area (Å²) in [6, 6.07) is 4.76. The topological polar surface area (TPSA) is 12.5 Å². The molecule has 1 aliphatic rings. The zero-order chi connectivity index (χ0) is 14.0. The first-order valence-electron chi connectivity index (χ1n) is 5.97. The van der Waals surface area contributed by atoms with Gasteiger partial charge in [-0.15, -0.1) is 0 Å². The van der Waals surface area contributed by atoms with Gasteiger partial charge < -0.3 is 9.64 Å². The lowest BCUT2D eigenvalue weighted by Gasteiger charge is -2.31. The lowest BCUT2D eigenvalue weighted by molar-refractivity contribution is 0.406. The first-order valence-corrected chi connectivity index (χ1v) is 6.35. The van der Waals surface area contributed by atoms with Gasteiger partial charge >= 0.3 is 0 Å². The van der Waals surface area contributed by atoms with Crippen LogP contribution in [0.3, 0.4) is 0 Å². The van der Waals surface area contributed by atoms with Gasteiger partial charge in [0.25, 0.3) is 0 Å². The van der Waals surface area contributed by atoms with E-state index in [0.717, 1.165) is 0 Å². The molecule has 1 aliphatic heterocycles. The van der Waals surface area contributed by atoms with Crippen LogP contribution in [0.5, 0.6) is 5.75 Å². The fourth-order valence-electron chi connectivity index (χ4n) is 2.12. The monoisotopic (exact) mass is 279 g/mol. The third kappa shape index (κ3) is 2.38. The minimum atomic E-state index is -0.330. The van der Waals surface area contributed by atoms with E-state index < -0.39 is 0 Å². The van der Waals surface area contributed by atoms with Crippen LogP contribution in [0.15, 0.2) is 47.7 Å². The van der Waals surface area contributed by atoms with Crippen molar-refractivity contribution in [3.63, 3.8) is 0 Å². The van der Waals surface area contributed by atoms with E-state index in [2.05, 4.69) is 6.58 Å². The third-order valence-corrected chi connectivity index (χ3v) is 3.39. The molecule has 0 bridgehead atoms. The molecule has 0 aliphatic carbocycles. The molecule has 1 heterocycles. The molecule has 0 saturated heterocycles. The highest BCUT2D eigenvalue weighted by Gasteiger charge is 2.23. The molecule has 19 heavy (non-hydrogen) atoms. The SMILES string of the molecule is C=C1C(Cl)=CC=C(c2c(F)cccc2OC)N1CC. The summed E-state index contributed by atoms with van der Waals surface area (Å²) < 4.78 is 19.4. The van der Waals surface area contributed by atoms with Gasteiger partial charge in [-0.05, 0) is 31.2 Å². The van der Waals surface area contributed by atoms with Gasteiger partial charge in [0.1, 0.15) is 11.6 Å². The van der Waals surface area contributed by atoms with Crippen molar-refractivity contribution < 1.29 is 9.13 Å². The van der Waals surface area contributed by atoms with E-state index in [9.17, 15) is 4.39 Å². The summed E-state index contributed by atoms with van der Waals surface area (Å²) in [6.45, 7) is 6.54. The van der Waals surface area contributed by atoms with Crippen molar-refractivity contribution >= 4 is 17.3 Å². The highest BCUT2D eigenvalue weighted by atomic mass is 35.5. The minimum absolute atomic E-state index is 0.330. The Morgan fingerprint density at radius 2 is 2.11 bits per heavy atom. The second kappa shape index (κ2) is 5.49. The molecule has 0 amide bonds. The van der Waals surface area contributed by atoms with E-state index in [1.54, 1.807) is 24.3 Å². The normalized spacial score (nSPS) is 15.2. The molecular formula is C15H15ClFNO. The van der Waals surface area contributed by atoms with E-state index >= 15 is 0 Å². The Kier molecular flexibility index (Phi) is 3.96. The molecule has 1 aromatic rings. The highest BCUT2D eigenvalue weighted by Crippen LogP contribution is 2.37. The van der Waals surface area contributed by atoms with Crippen LogP contribution in [0.1, 0.15) is 12.5 Å². The Balaban J connectivity index is 2.60. The average Bonchev–Trinajstić information content (AvgIpc) is 2.41. The maximum atomic E-state index is 14.1. The van der Waals surface area contributed by atoms with Crippen molar-refractivity contribution in [2.24, 2.45) is 0 Å². The molecule has 0 saturated carbocycles. The first-order chi connectivity index (χ1) is 9.10. The second-order valence-electron chi connectivity index (χ2n) is 4.07. The number of halogens is 2. The van der Waals surface area contributed by atoms with Crippen LogP contribution < -0.4 is 4.74 Å². The molecule has 0 unspecified atom stereocenters. The molecule has 2 rings (SSSR count). The maximum Gasteiger partial charge on any atom is 0.136 e. The van der Waals surface area contributed by atoms with E-state index in [-0.39, 0.29) is 5.82 Å². The Morgan fingerprint density at radius 1 is 1.37 bits per heavy atom. The lowest BCUT2D eigenvalue weighted by atomic mass is 10.0. The van der Waals surface area contributed by atoms with Crippen LogP contribution in [-0.2, 0) is 0 Å². The predicted molar refractivity (Wildman–Crippen MR) is 76.4 cm³/mol. The van der Waals surface area contributed by atoms with Gasteiger partial charge in [-0.3, -0.25) is 0 Å². The Hall–Kier alpha value is -1.74. The summed E-state index contributed by atoms with van der Waals surface area (Å²) in [5.74, 6) is 0.159. The van der Waals surface area contributed by atoms with E-state index in [0.29, 0.717) is 34.3 Å². The highest BCUT2D eigenvalue weighted by molar-refractivity contribution is 6.32. The summed E-state index contributed by atoms with van der Waals surface area (Å²) in [5, 5.41) is 0.556. The molecule has 0 spiro atoms. The average molecular weight is 280 g/mol. The molecule has 2 nitrogen and oxygen atoms in total. The zero-order valence-corrected chi connectivity index (χ0v) is 11.7. The summed E-state index contributed by atoms with van der Waals surface area (Å²) in [7, 11) is 1.52. The molecule has 0 atom stereocenters. The lowest BCUT2D eigenvalue weighted by Crippen LogP contribution is -2.23. The van der Waals surface area contributed by atoms with Crippen molar-refractivity contribution in [2.75, 3.05) is 13.7 Å².